The first-order chi connectivity index (χ1) is 13.8. The number of aromatic nitrogens is 2. The van der Waals surface area contributed by atoms with Gasteiger partial charge in [-0.15, -0.1) is 0 Å². The molecule has 2 aromatic carbocycles. The lowest BCUT2D eigenvalue weighted by molar-refractivity contribution is -0.383. The number of halogens is 2. The molecule has 7 nitrogen and oxygen atoms in total. The van der Waals surface area contributed by atoms with Gasteiger partial charge in [-0.2, -0.15) is 0 Å². The Morgan fingerprint density at radius 1 is 1.28 bits per heavy atom. The number of hydrogen-bond donors (Lipinski definition) is 1. The lowest BCUT2D eigenvalue weighted by Crippen LogP contribution is -2.13. The van der Waals surface area contributed by atoms with Crippen molar-refractivity contribution in [1.29, 1.82) is 0 Å². The number of aryl methyl sites for hydroxylation is 1. The van der Waals surface area contributed by atoms with Crippen molar-refractivity contribution in [2.75, 3.05) is 5.32 Å². The van der Waals surface area contributed by atoms with Gasteiger partial charge < -0.3 is 5.32 Å². The van der Waals surface area contributed by atoms with Crippen LogP contribution in [-0.2, 0) is 0 Å². The molecule has 0 saturated carbocycles. The maximum absolute atomic E-state index is 13.1. The molecule has 0 fully saturated rings. The van der Waals surface area contributed by atoms with Gasteiger partial charge in [-0.25, -0.2) is 9.37 Å². The lowest BCUT2D eigenvalue weighted by atomic mass is 10.2. The number of carbonyl (C=O) groups is 1. The van der Waals surface area contributed by atoms with Crippen molar-refractivity contribution >= 4 is 45.2 Å². The molecule has 4 rings (SSSR count). The van der Waals surface area contributed by atoms with E-state index >= 15 is 0 Å². The number of hydrogen-bond acceptors (Lipinski definition) is 5. The van der Waals surface area contributed by atoms with E-state index in [-0.39, 0.29) is 22.2 Å². The molecule has 0 unspecified atom stereocenters. The van der Waals surface area contributed by atoms with Gasteiger partial charge in [0.1, 0.15) is 16.4 Å². The number of fused-ring (bicyclic) bond motifs is 1. The molecule has 4 aromatic rings. The second kappa shape index (κ2) is 7.26. The largest absolute Gasteiger partial charge is 0.315 e. The Balaban J connectivity index is 1.65. The van der Waals surface area contributed by atoms with E-state index in [2.05, 4.69) is 10.3 Å². The lowest BCUT2D eigenvalue weighted by Gasteiger charge is -2.05. The van der Waals surface area contributed by atoms with Gasteiger partial charge >= 0.3 is 0 Å². The highest BCUT2D eigenvalue weighted by molar-refractivity contribution is 7.19. The third kappa shape index (κ3) is 3.57. The van der Waals surface area contributed by atoms with Crippen molar-refractivity contribution in [1.82, 2.24) is 9.38 Å². The van der Waals surface area contributed by atoms with E-state index in [0.717, 1.165) is 16.9 Å². The predicted molar refractivity (Wildman–Crippen MR) is 109 cm³/mol. The monoisotopic (exact) mass is 430 g/mol. The number of nitrogens with zero attached hydrogens (tertiary/aromatic N) is 3. The van der Waals surface area contributed by atoms with Crippen molar-refractivity contribution in [2.24, 2.45) is 0 Å². The average Bonchev–Trinajstić information content (AvgIpc) is 3.23. The summed E-state index contributed by atoms with van der Waals surface area (Å²) in [6.45, 7) is 1.75. The number of imidazole rings is 1. The molecule has 1 amide bonds. The fourth-order valence-corrected chi connectivity index (χ4v) is 4.03. The van der Waals surface area contributed by atoms with Crippen LogP contribution in [-0.4, -0.2) is 20.2 Å². The second-order valence-corrected chi connectivity index (χ2v) is 7.59. The summed E-state index contributed by atoms with van der Waals surface area (Å²) >= 11 is 6.96. The zero-order valence-corrected chi connectivity index (χ0v) is 16.4. The molecule has 0 aliphatic heterocycles. The first-order valence-corrected chi connectivity index (χ1v) is 9.52. The molecule has 0 spiro atoms. The first-order valence-electron chi connectivity index (χ1n) is 8.33. The average molecular weight is 431 g/mol. The standard InChI is InChI=1S/C19H12ClFN4O3S/c1-10-17(18(26)22-14-7-4-12(20)8-16(14)25(27)28)29-19-23-15(9-24(10)19)11-2-5-13(21)6-3-11/h2-9H,1H3,(H,22,26). The highest BCUT2D eigenvalue weighted by Crippen LogP contribution is 2.31. The van der Waals surface area contributed by atoms with Crippen LogP contribution in [0.3, 0.4) is 0 Å². The number of rotatable bonds is 4. The number of thiazole rings is 1. The first kappa shape index (κ1) is 19.0. The predicted octanol–water partition coefficient (Wildman–Crippen LogP) is 5.32. The van der Waals surface area contributed by atoms with Gasteiger partial charge in [-0.05, 0) is 43.3 Å². The van der Waals surface area contributed by atoms with Crippen LogP contribution in [0.15, 0.2) is 48.7 Å². The quantitative estimate of drug-likeness (QED) is 0.350. The minimum Gasteiger partial charge on any atom is -0.315 e. The minimum absolute atomic E-state index is 0.0573. The molecule has 146 valence electrons. The molecule has 0 atom stereocenters. The zero-order chi connectivity index (χ0) is 20.7. The van der Waals surface area contributed by atoms with Crippen LogP contribution in [0.5, 0.6) is 0 Å². The number of anilines is 1. The summed E-state index contributed by atoms with van der Waals surface area (Å²) in [5.41, 5.74) is 1.81. The minimum atomic E-state index is -0.607. The van der Waals surface area contributed by atoms with E-state index < -0.39 is 10.8 Å². The molecule has 0 aliphatic rings. The van der Waals surface area contributed by atoms with Crippen molar-refractivity contribution in [2.45, 2.75) is 6.92 Å². The molecule has 2 aromatic heterocycles. The third-order valence-electron chi connectivity index (χ3n) is 4.31. The molecular weight excluding hydrogens is 419 g/mol. The summed E-state index contributed by atoms with van der Waals surface area (Å²) in [7, 11) is 0. The van der Waals surface area contributed by atoms with E-state index in [9.17, 15) is 19.3 Å². The zero-order valence-electron chi connectivity index (χ0n) is 14.8. The molecule has 0 aliphatic carbocycles. The summed E-state index contributed by atoms with van der Waals surface area (Å²) in [4.78, 5) is 28.8. The molecule has 1 N–H and O–H groups in total. The Hall–Kier alpha value is -3.30. The van der Waals surface area contributed by atoms with Crippen LogP contribution in [0.25, 0.3) is 16.2 Å². The molecule has 0 saturated heterocycles. The molecule has 0 bridgehead atoms. The normalized spacial score (nSPS) is 11.0. The van der Waals surface area contributed by atoms with Crippen LogP contribution in [0.4, 0.5) is 15.8 Å². The Bertz CT molecular complexity index is 1270. The van der Waals surface area contributed by atoms with Crippen molar-refractivity contribution < 1.29 is 14.1 Å². The van der Waals surface area contributed by atoms with Crippen molar-refractivity contribution in [3.05, 3.63) is 80.2 Å². The molecule has 29 heavy (non-hydrogen) atoms. The molecular formula is C19H12ClFN4O3S. The topological polar surface area (TPSA) is 89.5 Å². The molecule has 0 radical (unpaired) electrons. The van der Waals surface area contributed by atoms with Crippen LogP contribution >= 0.6 is 22.9 Å². The van der Waals surface area contributed by atoms with Gasteiger partial charge in [0.2, 0.25) is 0 Å². The molecule has 2 heterocycles. The van der Waals surface area contributed by atoms with Gasteiger partial charge in [0, 0.05) is 28.5 Å². The Morgan fingerprint density at radius 3 is 2.66 bits per heavy atom. The maximum Gasteiger partial charge on any atom is 0.294 e. The Morgan fingerprint density at radius 2 is 2.00 bits per heavy atom. The van der Waals surface area contributed by atoms with Gasteiger partial charge in [0.15, 0.2) is 4.96 Å². The van der Waals surface area contributed by atoms with Crippen LogP contribution < -0.4 is 5.32 Å². The Kier molecular flexibility index (Phi) is 4.77. The van der Waals surface area contributed by atoms with E-state index in [0.29, 0.717) is 21.2 Å². The van der Waals surface area contributed by atoms with E-state index in [1.807, 2.05) is 0 Å². The van der Waals surface area contributed by atoms with Crippen molar-refractivity contribution in [3.63, 3.8) is 0 Å². The SMILES string of the molecule is Cc1c(C(=O)Nc2ccc(Cl)cc2[N+](=O)[O-])sc2nc(-c3ccc(F)cc3)cn12. The second-order valence-electron chi connectivity index (χ2n) is 6.17. The van der Waals surface area contributed by atoms with Crippen LogP contribution in [0.1, 0.15) is 15.4 Å². The highest BCUT2D eigenvalue weighted by atomic mass is 35.5. The van der Waals surface area contributed by atoms with Crippen LogP contribution in [0, 0.1) is 22.9 Å². The summed E-state index contributed by atoms with van der Waals surface area (Å²) in [6, 6.07) is 10.0. The van der Waals surface area contributed by atoms with E-state index in [1.165, 1.54) is 30.3 Å². The highest BCUT2D eigenvalue weighted by Gasteiger charge is 2.22. The number of nitro benzene ring substituents is 1. The fourth-order valence-electron chi connectivity index (χ4n) is 2.86. The number of nitro groups is 1. The maximum atomic E-state index is 13.1. The van der Waals surface area contributed by atoms with Gasteiger partial charge in [0.25, 0.3) is 11.6 Å². The summed E-state index contributed by atoms with van der Waals surface area (Å²) in [5.74, 6) is -0.812. The van der Waals surface area contributed by atoms with E-state index in [4.69, 9.17) is 11.6 Å². The number of benzene rings is 2. The van der Waals surface area contributed by atoms with Crippen molar-refractivity contribution in [3.8, 4) is 11.3 Å². The smallest absolute Gasteiger partial charge is 0.294 e. The number of nitrogens with one attached hydrogen (secondary N) is 1. The van der Waals surface area contributed by atoms with Gasteiger partial charge in [-0.3, -0.25) is 19.3 Å². The van der Waals surface area contributed by atoms with Gasteiger partial charge in [0.05, 0.1) is 10.6 Å². The summed E-state index contributed by atoms with van der Waals surface area (Å²) in [5, 5.41) is 14.0. The number of amides is 1. The Labute approximate surface area is 172 Å². The fraction of sp³-hybridized carbons (Fsp3) is 0.0526. The molecule has 10 heteroatoms. The van der Waals surface area contributed by atoms with E-state index in [1.54, 1.807) is 29.7 Å². The number of carbonyl (C=O) groups excluding carboxylic acids is 1. The summed E-state index contributed by atoms with van der Waals surface area (Å²) < 4.78 is 14.9. The van der Waals surface area contributed by atoms with Crippen LogP contribution in [0.2, 0.25) is 5.02 Å². The summed E-state index contributed by atoms with van der Waals surface area (Å²) in [6.07, 6.45) is 1.76. The van der Waals surface area contributed by atoms with Gasteiger partial charge in [-0.1, -0.05) is 22.9 Å². The third-order valence-corrected chi connectivity index (χ3v) is 5.70.